The lowest BCUT2D eigenvalue weighted by atomic mass is 9.97. The second-order valence-corrected chi connectivity index (χ2v) is 9.17. The third-order valence-electron chi connectivity index (χ3n) is 6.91. The molecule has 0 unspecified atom stereocenters. The fourth-order valence-corrected chi connectivity index (χ4v) is 5.01. The van der Waals surface area contributed by atoms with E-state index in [1.165, 1.54) is 18.4 Å². The van der Waals surface area contributed by atoms with E-state index in [2.05, 4.69) is 16.5 Å². The number of aryl methyl sites for hydroxylation is 1. The van der Waals surface area contributed by atoms with Gasteiger partial charge >= 0.3 is 0 Å². The fourth-order valence-electron chi connectivity index (χ4n) is 5.01. The van der Waals surface area contributed by atoms with Crippen LogP contribution in [-0.2, 0) is 29.6 Å². The van der Waals surface area contributed by atoms with Gasteiger partial charge in [0.25, 0.3) is 5.91 Å². The van der Waals surface area contributed by atoms with Crippen LogP contribution in [0, 0.1) is 0 Å². The maximum absolute atomic E-state index is 12.9. The number of aromatic nitrogens is 2. The molecule has 0 saturated carbocycles. The number of amides is 3. The Morgan fingerprint density at radius 1 is 1.00 bits per heavy atom. The number of hydrogen-bond acceptors (Lipinski definition) is 4. The van der Waals surface area contributed by atoms with Crippen molar-refractivity contribution in [3.63, 3.8) is 0 Å². The first-order valence-electron chi connectivity index (χ1n) is 12.1. The highest BCUT2D eigenvalue weighted by Gasteiger charge is 2.31. The first-order valence-corrected chi connectivity index (χ1v) is 12.1. The van der Waals surface area contributed by atoms with Gasteiger partial charge in [-0.15, -0.1) is 0 Å². The highest BCUT2D eigenvalue weighted by molar-refractivity contribution is 5.94. The summed E-state index contributed by atoms with van der Waals surface area (Å²) in [6.45, 7) is 3.19. The number of allylic oxidation sites excluding steroid dienone is 1. The molecule has 0 aromatic carbocycles. The third kappa shape index (κ3) is 5.22. The molecule has 2 aliphatic heterocycles. The van der Waals surface area contributed by atoms with Crippen LogP contribution < -0.4 is 5.32 Å². The van der Waals surface area contributed by atoms with Gasteiger partial charge in [0, 0.05) is 70.3 Å². The summed E-state index contributed by atoms with van der Waals surface area (Å²) in [6.07, 6.45) is 11.1. The van der Waals surface area contributed by atoms with E-state index in [1.807, 2.05) is 11.9 Å². The third-order valence-corrected chi connectivity index (χ3v) is 6.91. The van der Waals surface area contributed by atoms with E-state index in [1.54, 1.807) is 9.58 Å². The number of likely N-dealkylation sites (tertiary alicyclic amines) is 1. The number of nitrogens with zero attached hydrogens (tertiary/aromatic N) is 4. The van der Waals surface area contributed by atoms with Crippen LogP contribution in [0.3, 0.4) is 0 Å². The smallest absolute Gasteiger partial charge is 0.274 e. The molecule has 0 radical (unpaired) electrons. The molecule has 3 heterocycles. The molecule has 1 aromatic heterocycles. The predicted octanol–water partition coefficient (Wildman–Crippen LogP) is 2.33. The van der Waals surface area contributed by atoms with Crippen LogP contribution in [0.4, 0.5) is 0 Å². The first kappa shape index (κ1) is 22.6. The lowest BCUT2D eigenvalue weighted by Gasteiger charge is -2.28. The van der Waals surface area contributed by atoms with Crippen molar-refractivity contribution in [2.75, 3.05) is 26.2 Å². The Morgan fingerprint density at radius 2 is 1.81 bits per heavy atom. The lowest BCUT2D eigenvalue weighted by Crippen LogP contribution is -2.38. The number of fused-ring (bicyclic) bond motifs is 1. The molecule has 0 bridgehead atoms. The van der Waals surface area contributed by atoms with E-state index in [4.69, 9.17) is 0 Å². The summed E-state index contributed by atoms with van der Waals surface area (Å²) in [4.78, 5) is 41.5. The largest absolute Gasteiger partial charge is 0.356 e. The van der Waals surface area contributed by atoms with Crippen molar-refractivity contribution in [2.24, 2.45) is 7.05 Å². The minimum Gasteiger partial charge on any atom is -0.356 e. The molecule has 1 fully saturated rings. The minimum absolute atomic E-state index is 0.0268. The molecule has 32 heavy (non-hydrogen) atoms. The molecule has 3 amide bonds. The van der Waals surface area contributed by atoms with Crippen LogP contribution in [-0.4, -0.2) is 63.5 Å². The Labute approximate surface area is 190 Å². The number of carbonyl (C=O) groups excluding carboxylic acids is 3. The summed E-state index contributed by atoms with van der Waals surface area (Å²) >= 11 is 0. The SMILES string of the molecule is Cn1nc(C(=O)N2CCCC2)c2c1CCN(C(=O)CCC(=O)NCCC1=CCCCC1)C2. The quantitative estimate of drug-likeness (QED) is 0.658. The molecule has 1 aromatic rings. The summed E-state index contributed by atoms with van der Waals surface area (Å²) in [5.41, 5.74) is 3.82. The summed E-state index contributed by atoms with van der Waals surface area (Å²) in [7, 11) is 1.87. The standard InChI is InChI=1S/C24H35N5O3/c1-27-20-12-16-29(17-19(20)23(26-27)24(32)28-14-5-6-15-28)22(31)10-9-21(30)25-13-11-18-7-3-2-4-8-18/h7H,2-6,8-17H2,1H3,(H,25,30). The molecule has 1 N–H and O–H groups in total. The average Bonchev–Trinajstić information content (AvgIpc) is 3.46. The summed E-state index contributed by atoms with van der Waals surface area (Å²) in [5.74, 6) is -0.135. The molecule has 4 rings (SSSR count). The second-order valence-electron chi connectivity index (χ2n) is 9.17. The van der Waals surface area contributed by atoms with Crippen LogP contribution >= 0.6 is 0 Å². The van der Waals surface area contributed by atoms with Gasteiger partial charge in [0.05, 0.1) is 0 Å². The van der Waals surface area contributed by atoms with Crippen molar-refractivity contribution in [3.8, 4) is 0 Å². The zero-order valence-electron chi connectivity index (χ0n) is 19.2. The van der Waals surface area contributed by atoms with Crippen molar-refractivity contribution in [1.82, 2.24) is 24.9 Å². The van der Waals surface area contributed by atoms with Gasteiger partial charge in [0.15, 0.2) is 5.69 Å². The Hall–Kier alpha value is -2.64. The topological polar surface area (TPSA) is 87.5 Å². The van der Waals surface area contributed by atoms with Crippen LogP contribution in [0.5, 0.6) is 0 Å². The first-order chi connectivity index (χ1) is 15.5. The minimum atomic E-state index is -0.0706. The highest BCUT2D eigenvalue weighted by atomic mass is 16.2. The number of nitrogens with one attached hydrogen (secondary N) is 1. The van der Waals surface area contributed by atoms with E-state index in [0.717, 1.165) is 56.5 Å². The van der Waals surface area contributed by atoms with Gasteiger partial charge < -0.3 is 15.1 Å². The molecular weight excluding hydrogens is 406 g/mol. The molecule has 8 nitrogen and oxygen atoms in total. The molecule has 174 valence electrons. The van der Waals surface area contributed by atoms with E-state index in [9.17, 15) is 14.4 Å². The zero-order chi connectivity index (χ0) is 22.5. The van der Waals surface area contributed by atoms with Gasteiger partial charge in [0.2, 0.25) is 11.8 Å². The Morgan fingerprint density at radius 3 is 2.56 bits per heavy atom. The van der Waals surface area contributed by atoms with Gasteiger partial charge in [0.1, 0.15) is 0 Å². The van der Waals surface area contributed by atoms with Crippen molar-refractivity contribution in [3.05, 3.63) is 28.6 Å². The van der Waals surface area contributed by atoms with Crippen molar-refractivity contribution in [1.29, 1.82) is 0 Å². The van der Waals surface area contributed by atoms with E-state index >= 15 is 0 Å². The van der Waals surface area contributed by atoms with Crippen molar-refractivity contribution >= 4 is 17.7 Å². The Bertz CT molecular complexity index is 898. The van der Waals surface area contributed by atoms with Crippen LogP contribution in [0.15, 0.2) is 11.6 Å². The zero-order valence-corrected chi connectivity index (χ0v) is 19.2. The molecule has 0 atom stereocenters. The molecule has 0 spiro atoms. The van der Waals surface area contributed by atoms with Crippen molar-refractivity contribution in [2.45, 2.75) is 70.8 Å². The lowest BCUT2D eigenvalue weighted by molar-refractivity contribution is -0.134. The van der Waals surface area contributed by atoms with Crippen LogP contribution in [0.1, 0.15) is 79.5 Å². The monoisotopic (exact) mass is 441 g/mol. The fraction of sp³-hybridized carbons (Fsp3) is 0.667. The van der Waals surface area contributed by atoms with Gasteiger partial charge in [-0.3, -0.25) is 19.1 Å². The molecule has 1 aliphatic carbocycles. The summed E-state index contributed by atoms with van der Waals surface area (Å²) in [5, 5.41) is 7.44. The summed E-state index contributed by atoms with van der Waals surface area (Å²) < 4.78 is 1.79. The van der Waals surface area contributed by atoms with Gasteiger partial charge in [-0.1, -0.05) is 11.6 Å². The van der Waals surface area contributed by atoms with Crippen molar-refractivity contribution < 1.29 is 14.4 Å². The van der Waals surface area contributed by atoms with Crippen LogP contribution in [0.25, 0.3) is 0 Å². The maximum Gasteiger partial charge on any atom is 0.274 e. The second kappa shape index (κ2) is 10.3. The van der Waals surface area contributed by atoms with Gasteiger partial charge in [-0.25, -0.2) is 0 Å². The summed E-state index contributed by atoms with van der Waals surface area (Å²) in [6, 6.07) is 0. The number of rotatable bonds is 7. The molecule has 1 saturated heterocycles. The van der Waals surface area contributed by atoms with Gasteiger partial charge in [-0.2, -0.15) is 5.10 Å². The van der Waals surface area contributed by atoms with Crippen LogP contribution in [0.2, 0.25) is 0 Å². The number of hydrogen-bond donors (Lipinski definition) is 1. The van der Waals surface area contributed by atoms with E-state index in [-0.39, 0.29) is 30.6 Å². The van der Waals surface area contributed by atoms with E-state index < -0.39 is 0 Å². The molecule has 8 heteroatoms. The van der Waals surface area contributed by atoms with E-state index in [0.29, 0.717) is 31.7 Å². The average molecular weight is 442 g/mol. The molecular formula is C24H35N5O3. The number of carbonyl (C=O) groups is 3. The van der Waals surface area contributed by atoms with Gasteiger partial charge in [-0.05, 0) is 44.9 Å². The Kier molecular flexibility index (Phi) is 7.27. The predicted molar refractivity (Wildman–Crippen MR) is 121 cm³/mol. The molecule has 3 aliphatic rings. The Balaban J connectivity index is 1.27. The maximum atomic E-state index is 12.9. The normalized spacial score (nSPS) is 18.3. The highest BCUT2D eigenvalue weighted by Crippen LogP contribution is 2.25.